The summed E-state index contributed by atoms with van der Waals surface area (Å²) in [6.45, 7) is 5.06. The molecule has 0 bridgehead atoms. The van der Waals surface area contributed by atoms with Crippen LogP contribution in [0.1, 0.15) is 16.7 Å². The third kappa shape index (κ3) is 2.51. The summed E-state index contributed by atoms with van der Waals surface area (Å²) in [6, 6.07) is 13.7. The molecule has 0 saturated carbocycles. The van der Waals surface area contributed by atoms with Crippen LogP contribution in [0.4, 0.5) is 11.4 Å². The molecule has 0 unspecified atom stereocenters. The molecule has 7 heteroatoms. The van der Waals surface area contributed by atoms with E-state index >= 15 is 0 Å². The Balaban J connectivity index is 1.63. The maximum absolute atomic E-state index is 13.1. The summed E-state index contributed by atoms with van der Waals surface area (Å²) < 4.78 is 2.10. The van der Waals surface area contributed by atoms with Crippen molar-refractivity contribution < 1.29 is 4.79 Å². The lowest BCUT2D eigenvalue weighted by molar-refractivity contribution is -0.110. The van der Waals surface area contributed by atoms with Crippen LogP contribution >= 0.6 is 11.3 Å². The van der Waals surface area contributed by atoms with Gasteiger partial charge in [-0.2, -0.15) is 0 Å². The van der Waals surface area contributed by atoms with Gasteiger partial charge >= 0.3 is 0 Å². The molecule has 3 heterocycles. The number of amides is 1. The number of aryl methyl sites for hydroxylation is 2. The van der Waals surface area contributed by atoms with Crippen molar-refractivity contribution in [2.45, 2.75) is 20.5 Å². The lowest BCUT2D eigenvalue weighted by Gasteiger charge is -2.26. The van der Waals surface area contributed by atoms with E-state index in [1.807, 2.05) is 24.3 Å². The average molecular weight is 390 g/mol. The molecule has 2 aliphatic rings. The second kappa shape index (κ2) is 6.17. The number of nitrogens with zero attached hydrogens (tertiary/aromatic N) is 3. The summed E-state index contributed by atoms with van der Waals surface area (Å²) in [5.74, 6) is -0.233. The van der Waals surface area contributed by atoms with Gasteiger partial charge < -0.3 is 10.2 Å². The highest BCUT2D eigenvalue weighted by Gasteiger charge is 2.27. The van der Waals surface area contributed by atoms with E-state index in [0.29, 0.717) is 28.2 Å². The first kappa shape index (κ1) is 16.9. The lowest BCUT2D eigenvalue weighted by atomic mass is 10.1. The van der Waals surface area contributed by atoms with E-state index in [2.05, 4.69) is 47.3 Å². The Morgan fingerprint density at radius 2 is 1.89 bits per heavy atom. The molecule has 1 amide bonds. The van der Waals surface area contributed by atoms with Gasteiger partial charge in [-0.25, -0.2) is 4.99 Å². The Labute approximate surface area is 165 Å². The number of fused-ring (bicyclic) bond motifs is 2. The summed E-state index contributed by atoms with van der Waals surface area (Å²) in [6.07, 6.45) is 0. The number of carbonyl (C=O) groups is 1. The van der Waals surface area contributed by atoms with E-state index < -0.39 is 0 Å². The Kier molecular flexibility index (Phi) is 3.73. The van der Waals surface area contributed by atoms with Crippen LogP contribution in [0.3, 0.4) is 0 Å². The van der Waals surface area contributed by atoms with Crippen LogP contribution in [-0.2, 0) is 11.5 Å². The third-order valence-corrected chi connectivity index (χ3v) is 6.42. The summed E-state index contributed by atoms with van der Waals surface area (Å²) in [5.41, 5.74) is 5.27. The Morgan fingerprint density at radius 3 is 2.71 bits per heavy atom. The van der Waals surface area contributed by atoms with Crippen LogP contribution in [0.5, 0.6) is 0 Å². The fourth-order valence-electron chi connectivity index (χ4n) is 3.59. The first-order valence-corrected chi connectivity index (χ1v) is 9.86. The normalized spacial score (nSPS) is 17.1. The van der Waals surface area contributed by atoms with Gasteiger partial charge in [0, 0.05) is 16.9 Å². The molecule has 28 heavy (non-hydrogen) atoms. The smallest absolute Gasteiger partial charge is 0.272 e. The number of nitrogens with one attached hydrogen (secondary N) is 1. The van der Waals surface area contributed by atoms with Crippen LogP contribution in [-0.4, -0.2) is 17.1 Å². The van der Waals surface area contributed by atoms with Crippen molar-refractivity contribution in [3.8, 4) is 0 Å². The summed E-state index contributed by atoms with van der Waals surface area (Å²) >= 11 is 1.29. The third-order valence-electron chi connectivity index (χ3n) is 5.31. The van der Waals surface area contributed by atoms with Gasteiger partial charge in [0.15, 0.2) is 4.80 Å². The fraction of sp³-hybridized carbons (Fsp3) is 0.190. The van der Waals surface area contributed by atoms with Gasteiger partial charge in [0.25, 0.3) is 11.5 Å². The van der Waals surface area contributed by atoms with Crippen LogP contribution in [0.15, 0.2) is 52.3 Å². The molecule has 2 aromatic carbocycles. The zero-order valence-electron chi connectivity index (χ0n) is 15.5. The van der Waals surface area contributed by atoms with Gasteiger partial charge in [-0.1, -0.05) is 35.6 Å². The van der Waals surface area contributed by atoms with Crippen LogP contribution in [0, 0.1) is 13.8 Å². The summed E-state index contributed by atoms with van der Waals surface area (Å²) in [7, 11) is 0. The zero-order valence-corrected chi connectivity index (χ0v) is 16.3. The highest BCUT2D eigenvalue weighted by molar-refractivity contribution is 7.07. The van der Waals surface area contributed by atoms with Crippen LogP contribution < -0.4 is 25.1 Å². The van der Waals surface area contributed by atoms with Gasteiger partial charge in [-0.3, -0.25) is 14.2 Å². The first-order valence-electron chi connectivity index (χ1n) is 9.04. The van der Waals surface area contributed by atoms with Crippen LogP contribution in [0.2, 0.25) is 0 Å². The minimum absolute atomic E-state index is 0.167. The Bertz CT molecular complexity index is 1320. The topological polar surface area (TPSA) is 66.7 Å². The van der Waals surface area contributed by atoms with Gasteiger partial charge in [0.05, 0.1) is 5.57 Å². The van der Waals surface area contributed by atoms with E-state index in [1.165, 1.54) is 22.5 Å². The SMILES string of the molecule is Cc1ccc(N2CN=c3s/c(=C4\C(=O)Nc5ccccc54)c(=O)n3C2)cc1C. The number of para-hydroxylation sites is 1. The number of carbonyl (C=O) groups excluding carboxylic acids is 1. The summed E-state index contributed by atoms with van der Waals surface area (Å²) in [4.78, 5) is 33.0. The highest BCUT2D eigenvalue weighted by Crippen LogP contribution is 2.29. The number of benzene rings is 2. The van der Waals surface area contributed by atoms with Crippen molar-refractivity contribution in [3.05, 3.63) is 78.8 Å². The summed E-state index contributed by atoms with van der Waals surface area (Å²) in [5, 5.41) is 2.84. The van der Waals surface area contributed by atoms with Gasteiger partial charge in [0.2, 0.25) is 0 Å². The second-order valence-corrected chi connectivity index (χ2v) is 8.05. The van der Waals surface area contributed by atoms with E-state index in [1.54, 1.807) is 4.57 Å². The molecule has 0 saturated heterocycles. The van der Waals surface area contributed by atoms with Crippen molar-refractivity contribution in [1.82, 2.24) is 4.57 Å². The van der Waals surface area contributed by atoms with E-state index in [0.717, 1.165) is 16.9 Å². The number of aromatic nitrogens is 1. The molecule has 6 nitrogen and oxygen atoms in total. The van der Waals surface area contributed by atoms with E-state index in [4.69, 9.17) is 0 Å². The van der Waals surface area contributed by atoms with Gasteiger partial charge in [0.1, 0.15) is 17.9 Å². The molecule has 0 atom stereocenters. The van der Waals surface area contributed by atoms with Gasteiger partial charge in [-0.15, -0.1) is 0 Å². The predicted octanol–water partition coefficient (Wildman–Crippen LogP) is 1.73. The number of hydrogen-bond donors (Lipinski definition) is 1. The molecular formula is C21H18N4O2S. The molecule has 0 spiro atoms. The predicted molar refractivity (Wildman–Crippen MR) is 110 cm³/mol. The zero-order chi connectivity index (χ0) is 19.4. The highest BCUT2D eigenvalue weighted by atomic mass is 32.1. The van der Waals surface area contributed by atoms with Crippen molar-refractivity contribution >= 4 is 34.2 Å². The Morgan fingerprint density at radius 1 is 1.07 bits per heavy atom. The van der Waals surface area contributed by atoms with Gasteiger partial charge in [-0.05, 0) is 43.2 Å². The van der Waals surface area contributed by atoms with Crippen molar-refractivity contribution in [2.24, 2.45) is 4.99 Å². The largest absolute Gasteiger partial charge is 0.334 e. The number of anilines is 2. The molecule has 3 aromatic rings. The molecule has 0 radical (unpaired) electrons. The quantitative estimate of drug-likeness (QED) is 0.688. The molecule has 0 fully saturated rings. The molecule has 140 valence electrons. The van der Waals surface area contributed by atoms with E-state index in [9.17, 15) is 9.59 Å². The van der Waals surface area contributed by atoms with Crippen molar-refractivity contribution in [3.63, 3.8) is 0 Å². The molecule has 5 rings (SSSR count). The molecule has 1 aromatic heterocycles. The monoisotopic (exact) mass is 390 g/mol. The van der Waals surface area contributed by atoms with Crippen LogP contribution in [0.25, 0.3) is 5.57 Å². The first-order chi connectivity index (χ1) is 13.5. The number of rotatable bonds is 1. The van der Waals surface area contributed by atoms with Crippen molar-refractivity contribution in [1.29, 1.82) is 0 Å². The maximum atomic E-state index is 13.1. The molecule has 2 aliphatic heterocycles. The number of hydrogen-bond acceptors (Lipinski definition) is 5. The number of thiazole rings is 1. The lowest BCUT2D eigenvalue weighted by Crippen LogP contribution is -2.43. The minimum atomic E-state index is -0.233. The standard InChI is InChI=1S/C21H18N4O2S/c1-12-7-8-14(9-13(12)2)24-10-22-21-25(11-24)20(27)18(28-21)17-15-5-3-4-6-16(15)23-19(17)26/h3-9H,10-11H2,1-2H3,(H,23,26)/b18-17-. The van der Waals surface area contributed by atoms with Crippen molar-refractivity contribution in [2.75, 3.05) is 16.9 Å². The maximum Gasteiger partial charge on any atom is 0.272 e. The molecule has 1 N–H and O–H groups in total. The minimum Gasteiger partial charge on any atom is -0.334 e. The molecule has 0 aliphatic carbocycles. The van der Waals surface area contributed by atoms with E-state index in [-0.39, 0.29) is 11.5 Å². The fourth-order valence-corrected chi connectivity index (χ4v) is 4.65. The average Bonchev–Trinajstić information content (AvgIpc) is 3.19. The second-order valence-electron chi connectivity index (χ2n) is 7.07. The molecular weight excluding hydrogens is 372 g/mol. The Hall–Kier alpha value is -3.19.